The van der Waals surface area contributed by atoms with Crippen LogP contribution in [-0.2, 0) is 6.54 Å². The smallest absolute Gasteiger partial charge is 0.243 e. The predicted octanol–water partition coefficient (Wildman–Crippen LogP) is -4.07. The number of aromatic nitrogens is 5. The van der Waals surface area contributed by atoms with Crippen LogP contribution >= 0.6 is 0 Å². The Kier molecular flexibility index (Phi) is 3.73. The summed E-state index contributed by atoms with van der Waals surface area (Å²) in [7, 11) is 2.12. The van der Waals surface area contributed by atoms with E-state index in [4.69, 9.17) is 5.73 Å². The lowest BCUT2D eigenvalue weighted by Gasteiger charge is -2.29. The molecule has 0 saturated carbocycles. The van der Waals surface area contributed by atoms with Crippen LogP contribution in [-0.4, -0.2) is 69.4 Å². The lowest BCUT2D eigenvalue weighted by Crippen LogP contribution is -3.11. The molecule has 0 aliphatic carbocycles. The van der Waals surface area contributed by atoms with Gasteiger partial charge < -0.3 is 20.5 Å². The maximum absolute atomic E-state index is 11.2. The molecule has 0 bridgehead atoms. The minimum atomic E-state index is -1.39. The number of hydrogen-bond acceptors (Lipinski definition) is 9. The third-order valence-electron chi connectivity index (χ3n) is 3.74. The molecule has 0 aromatic carbocycles. The highest BCUT2D eigenvalue weighted by molar-refractivity contribution is 5.84. The van der Waals surface area contributed by atoms with Gasteiger partial charge in [0.25, 0.3) is 0 Å². The monoisotopic (exact) mass is 308 g/mol. The third-order valence-corrected chi connectivity index (χ3v) is 3.74. The number of carbonyl (C=O) groups excluding carboxylic acids is 1. The number of carbonyl (C=O) groups is 1. The average molecular weight is 308 g/mol. The van der Waals surface area contributed by atoms with Gasteiger partial charge in [0.2, 0.25) is 11.6 Å². The minimum Gasteiger partial charge on any atom is -0.543 e. The largest absolute Gasteiger partial charge is 0.543 e. The zero-order valence-corrected chi connectivity index (χ0v) is 12.0. The number of likely N-dealkylation sites (N-methyl/N-ethyl adjacent to an activating group) is 1. The van der Waals surface area contributed by atoms with E-state index in [1.165, 1.54) is 9.58 Å². The third kappa shape index (κ3) is 2.63. The first-order valence-electron chi connectivity index (χ1n) is 6.84. The standard InChI is InChI=1S/C11H16N8O3/c1-17-2-4-18(5-3-17)6-7-8(11(20)21)13-16-19(7)10-9(12)14-22-15-10/h2-6H2,1H3,(H2,12,14)(H,20,21). The number of nitrogens with zero attached hydrogens (tertiary/aromatic N) is 6. The highest BCUT2D eigenvalue weighted by Crippen LogP contribution is 2.17. The zero-order chi connectivity index (χ0) is 15.7. The second-order valence-electron chi connectivity index (χ2n) is 5.29. The maximum Gasteiger partial charge on any atom is 0.243 e. The molecule has 1 fully saturated rings. The van der Waals surface area contributed by atoms with Gasteiger partial charge in [0, 0.05) is 19.6 Å². The number of nitrogens with one attached hydrogen (secondary N) is 1. The van der Waals surface area contributed by atoms with Crippen molar-refractivity contribution in [2.45, 2.75) is 6.54 Å². The number of carboxylic acids is 1. The Morgan fingerprint density at radius 2 is 2.14 bits per heavy atom. The number of nitrogen functional groups attached to an aromatic ring is 1. The SMILES string of the molecule is C[NH+]1CCN(Cc2c(C(=O)[O-])nnn2-c2nonc2N)CC1. The number of hydrogen-bond donors (Lipinski definition) is 2. The number of aromatic carboxylic acids is 1. The molecular formula is C11H16N8O3. The molecule has 0 unspecified atom stereocenters. The van der Waals surface area contributed by atoms with Crippen LogP contribution in [0.25, 0.3) is 5.82 Å². The van der Waals surface area contributed by atoms with Crippen molar-refractivity contribution in [2.24, 2.45) is 0 Å². The minimum absolute atomic E-state index is 0.0128. The summed E-state index contributed by atoms with van der Waals surface area (Å²) in [6.07, 6.45) is 0. The van der Waals surface area contributed by atoms with E-state index in [2.05, 4.69) is 37.2 Å². The molecule has 2 aromatic rings. The van der Waals surface area contributed by atoms with Crippen LogP contribution in [0.15, 0.2) is 4.63 Å². The van der Waals surface area contributed by atoms with Gasteiger partial charge in [-0.15, -0.1) is 5.10 Å². The summed E-state index contributed by atoms with van der Waals surface area (Å²) in [5.41, 5.74) is 5.76. The van der Waals surface area contributed by atoms with Crippen LogP contribution in [0.2, 0.25) is 0 Å². The molecule has 22 heavy (non-hydrogen) atoms. The Balaban J connectivity index is 1.92. The van der Waals surface area contributed by atoms with Gasteiger partial charge >= 0.3 is 0 Å². The molecule has 2 aromatic heterocycles. The molecule has 1 aliphatic heterocycles. The Bertz CT molecular complexity index is 673. The number of quaternary nitrogens is 1. The molecule has 0 atom stereocenters. The Morgan fingerprint density at radius 1 is 1.41 bits per heavy atom. The van der Waals surface area contributed by atoms with Crippen molar-refractivity contribution in [1.82, 2.24) is 30.2 Å². The second kappa shape index (κ2) is 5.69. The first-order chi connectivity index (χ1) is 10.6. The molecule has 0 amide bonds. The van der Waals surface area contributed by atoms with Crippen LogP contribution < -0.4 is 15.7 Å². The molecule has 3 rings (SSSR count). The van der Waals surface area contributed by atoms with Gasteiger partial charge in [-0.3, -0.25) is 4.90 Å². The normalized spacial score (nSPS) is 17.0. The number of piperazine rings is 1. The van der Waals surface area contributed by atoms with E-state index in [9.17, 15) is 9.90 Å². The van der Waals surface area contributed by atoms with Crippen molar-refractivity contribution in [2.75, 3.05) is 39.0 Å². The van der Waals surface area contributed by atoms with Crippen LogP contribution in [0.4, 0.5) is 5.82 Å². The van der Waals surface area contributed by atoms with Crippen LogP contribution in [0.3, 0.4) is 0 Å². The van der Waals surface area contributed by atoms with E-state index in [0.717, 1.165) is 26.2 Å². The average Bonchev–Trinajstić information content (AvgIpc) is 3.07. The Hall–Kier alpha value is -2.53. The van der Waals surface area contributed by atoms with Crippen molar-refractivity contribution in [3.63, 3.8) is 0 Å². The van der Waals surface area contributed by atoms with Gasteiger partial charge in [-0.2, -0.15) is 4.68 Å². The van der Waals surface area contributed by atoms with E-state index < -0.39 is 5.97 Å². The molecule has 0 spiro atoms. The summed E-state index contributed by atoms with van der Waals surface area (Å²) in [6, 6.07) is 0. The number of anilines is 1. The van der Waals surface area contributed by atoms with E-state index in [0.29, 0.717) is 12.2 Å². The van der Waals surface area contributed by atoms with Gasteiger partial charge in [-0.05, 0) is 10.3 Å². The molecule has 0 radical (unpaired) electrons. The van der Waals surface area contributed by atoms with Crippen molar-refractivity contribution in [3.05, 3.63) is 11.4 Å². The highest BCUT2D eigenvalue weighted by atomic mass is 16.6. The summed E-state index contributed by atoms with van der Waals surface area (Å²) in [5.74, 6) is -1.26. The Labute approximate surface area is 125 Å². The fourth-order valence-electron chi connectivity index (χ4n) is 2.41. The van der Waals surface area contributed by atoms with Gasteiger partial charge in [-0.1, -0.05) is 5.21 Å². The summed E-state index contributed by atoms with van der Waals surface area (Å²) in [4.78, 5) is 14.8. The van der Waals surface area contributed by atoms with Gasteiger partial charge in [0.15, 0.2) is 0 Å². The summed E-state index contributed by atoms with van der Waals surface area (Å²) in [6.45, 7) is 4.01. The lowest BCUT2D eigenvalue weighted by atomic mass is 10.2. The quantitative estimate of drug-likeness (QED) is 0.576. The first kappa shape index (κ1) is 14.4. The highest BCUT2D eigenvalue weighted by Gasteiger charge is 2.24. The van der Waals surface area contributed by atoms with E-state index in [1.54, 1.807) is 0 Å². The Morgan fingerprint density at radius 3 is 2.73 bits per heavy atom. The molecule has 3 heterocycles. The zero-order valence-electron chi connectivity index (χ0n) is 12.0. The summed E-state index contributed by atoms with van der Waals surface area (Å²) < 4.78 is 5.77. The van der Waals surface area contributed by atoms with Crippen molar-refractivity contribution in [1.29, 1.82) is 0 Å². The van der Waals surface area contributed by atoms with E-state index >= 15 is 0 Å². The van der Waals surface area contributed by atoms with Gasteiger partial charge in [0.05, 0.1) is 31.8 Å². The summed E-state index contributed by atoms with van der Waals surface area (Å²) in [5, 5.41) is 25.8. The van der Waals surface area contributed by atoms with Crippen LogP contribution in [0.5, 0.6) is 0 Å². The second-order valence-corrected chi connectivity index (χ2v) is 5.29. The molecule has 1 saturated heterocycles. The van der Waals surface area contributed by atoms with Crippen molar-refractivity contribution in [3.8, 4) is 5.82 Å². The fourth-order valence-corrected chi connectivity index (χ4v) is 2.41. The maximum atomic E-state index is 11.2. The van der Waals surface area contributed by atoms with Crippen molar-refractivity contribution >= 4 is 11.8 Å². The molecule has 3 N–H and O–H groups in total. The number of carboxylic acid groups (broad SMARTS) is 1. The van der Waals surface area contributed by atoms with Gasteiger partial charge in [0.1, 0.15) is 5.69 Å². The van der Waals surface area contributed by atoms with Crippen LogP contribution in [0.1, 0.15) is 16.2 Å². The molecule has 118 valence electrons. The number of rotatable bonds is 4. The van der Waals surface area contributed by atoms with E-state index in [-0.39, 0.29) is 17.3 Å². The topological polar surface area (TPSA) is 143 Å². The predicted molar refractivity (Wildman–Crippen MR) is 69.9 cm³/mol. The molecule has 11 heteroatoms. The first-order valence-corrected chi connectivity index (χ1v) is 6.84. The van der Waals surface area contributed by atoms with Gasteiger partial charge in [-0.25, -0.2) is 4.63 Å². The molecule has 11 nitrogen and oxygen atoms in total. The van der Waals surface area contributed by atoms with E-state index in [1.807, 2.05) is 0 Å². The number of nitrogens with two attached hydrogens (primary N) is 1. The van der Waals surface area contributed by atoms with Crippen molar-refractivity contribution < 1.29 is 19.4 Å². The molecule has 1 aliphatic rings. The fraction of sp³-hybridized carbons (Fsp3) is 0.545. The van der Waals surface area contributed by atoms with Crippen LogP contribution in [0, 0.1) is 0 Å². The molecular weight excluding hydrogens is 292 g/mol. The lowest BCUT2D eigenvalue weighted by molar-refractivity contribution is -0.884. The summed E-state index contributed by atoms with van der Waals surface area (Å²) >= 11 is 0.